The van der Waals surface area contributed by atoms with E-state index < -0.39 is 0 Å². The highest BCUT2D eigenvalue weighted by Gasteiger charge is 2.04. The molecule has 0 saturated heterocycles. The third-order valence-corrected chi connectivity index (χ3v) is 2.70. The highest BCUT2D eigenvalue weighted by Crippen LogP contribution is 2.20. The van der Waals surface area contributed by atoms with E-state index in [-0.39, 0.29) is 0 Å². The molecule has 0 heterocycles. The van der Waals surface area contributed by atoms with E-state index in [4.69, 9.17) is 4.74 Å². The first kappa shape index (κ1) is 13.6. The zero-order valence-electron chi connectivity index (χ0n) is 11.3. The number of benzene rings is 1. The van der Waals surface area contributed by atoms with Crippen LogP contribution in [0, 0.1) is 24.7 Å². The molecule has 0 aromatic heterocycles. The van der Waals surface area contributed by atoms with Gasteiger partial charge in [0.15, 0.2) is 0 Å². The lowest BCUT2D eigenvalue weighted by Crippen LogP contribution is -2.00. The van der Waals surface area contributed by atoms with Crippen LogP contribution in [0.1, 0.15) is 38.3 Å². The van der Waals surface area contributed by atoms with Gasteiger partial charge in [-0.2, -0.15) is 0 Å². The van der Waals surface area contributed by atoms with Crippen LogP contribution >= 0.6 is 0 Å². The van der Waals surface area contributed by atoms with E-state index in [9.17, 15) is 0 Å². The van der Waals surface area contributed by atoms with Crippen molar-refractivity contribution in [1.29, 1.82) is 0 Å². The van der Waals surface area contributed by atoms with Crippen LogP contribution in [0.15, 0.2) is 18.2 Å². The second-order valence-corrected chi connectivity index (χ2v) is 4.44. The Hall–Kier alpha value is -1.42. The van der Waals surface area contributed by atoms with Gasteiger partial charge in [-0.05, 0) is 49.9 Å². The number of hydrogen-bond donors (Lipinski definition) is 0. The Labute approximate surface area is 105 Å². The molecule has 1 rings (SSSR count). The summed E-state index contributed by atoms with van der Waals surface area (Å²) in [4.78, 5) is 0. The van der Waals surface area contributed by atoms with E-state index in [2.05, 4.69) is 50.8 Å². The minimum Gasteiger partial charge on any atom is -0.494 e. The Morgan fingerprint density at radius 2 is 2.12 bits per heavy atom. The second-order valence-electron chi connectivity index (χ2n) is 4.44. The van der Waals surface area contributed by atoms with Gasteiger partial charge in [-0.3, -0.25) is 0 Å². The summed E-state index contributed by atoms with van der Waals surface area (Å²) in [6.07, 6.45) is 2.06. The van der Waals surface area contributed by atoms with Crippen LogP contribution in [0.25, 0.3) is 0 Å². The molecule has 0 spiro atoms. The first-order valence-electron chi connectivity index (χ1n) is 6.32. The number of rotatable bonds is 5. The maximum atomic E-state index is 5.62. The molecule has 0 amide bonds. The number of aryl methyl sites for hydroxylation is 1. The Morgan fingerprint density at radius 3 is 2.71 bits per heavy atom. The van der Waals surface area contributed by atoms with Gasteiger partial charge in [0.25, 0.3) is 0 Å². The molecule has 0 fully saturated rings. The van der Waals surface area contributed by atoms with E-state index in [0.29, 0.717) is 5.92 Å². The molecular formula is C16H22O. The topological polar surface area (TPSA) is 9.23 Å². The lowest BCUT2D eigenvalue weighted by Gasteiger charge is -2.11. The van der Waals surface area contributed by atoms with Gasteiger partial charge in [-0.15, -0.1) is 11.8 Å². The van der Waals surface area contributed by atoms with Crippen molar-refractivity contribution >= 4 is 0 Å². The number of hydrogen-bond acceptors (Lipinski definition) is 1. The third-order valence-electron chi connectivity index (χ3n) is 2.70. The molecule has 1 heteroatoms. The van der Waals surface area contributed by atoms with Gasteiger partial charge in [-0.1, -0.05) is 19.9 Å². The minimum atomic E-state index is 0.418. The molecule has 1 nitrogen and oxygen atoms in total. The molecule has 0 bridgehead atoms. The molecule has 0 saturated carbocycles. The first-order chi connectivity index (χ1) is 8.17. The first-order valence-corrected chi connectivity index (χ1v) is 6.32. The van der Waals surface area contributed by atoms with Gasteiger partial charge >= 0.3 is 0 Å². The quantitative estimate of drug-likeness (QED) is 0.695. The summed E-state index contributed by atoms with van der Waals surface area (Å²) < 4.78 is 5.62. The van der Waals surface area contributed by atoms with Crippen molar-refractivity contribution in [2.24, 2.45) is 5.92 Å². The van der Waals surface area contributed by atoms with Gasteiger partial charge in [0.1, 0.15) is 5.75 Å². The summed E-state index contributed by atoms with van der Waals surface area (Å²) in [7, 11) is 0. The SMILES string of the molecule is CC#CC(C)Cc1ccc(OCCC)cc1C. The lowest BCUT2D eigenvalue weighted by atomic mass is 9.97. The summed E-state index contributed by atoms with van der Waals surface area (Å²) in [6, 6.07) is 6.34. The molecular weight excluding hydrogens is 208 g/mol. The molecule has 0 radical (unpaired) electrons. The molecule has 0 aliphatic heterocycles. The van der Waals surface area contributed by atoms with Gasteiger partial charge in [0.05, 0.1) is 6.61 Å². The molecule has 1 aromatic rings. The normalized spacial score (nSPS) is 11.5. The van der Waals surface area contributed by atoms with Crippen LogP contribution in [-0.2, 0) is 6.42 Å². The molecule has 17 heavy (non-hydrogen) atoms. The van der Waals surface area contributed by atoms with Crippen LogP contribution in [0.2, 0.25) is 0 Å². The largest absolute Gasteiger partial charge is 0.494 e. The predicted molar refractivity (Wildman–Crippen MR) is 73.3 cm³/mol. The Balaban J connectivity index is 2.71. The zero-order valence-corrected chi connectivity index (χ0v) is 11.3. The summed E-state index contributed by atoms with van der Waals surface area (Å²) in [5.74, 6) is 7.55. The van der Waals surface area contributed by atoms with Crippen LogP contribution in [0.3, 0.4) is 0 Å². The van der Waals surface area contributed by atoms with E-state index in [1.54, 1.807) is 0 Å². The fraction of sp³-hybridized carbons (Fsp3) is 0.500. The smallest absolute Gasteiger partial charge is 0.119 e. The fourth-order valence-electron chi connectivity index (χ4n) is 1.83. The summed E-state index contributed by atoms with van der Waals surface area (Å²) >= 11 is 0. The van der Waals surface area contributed by atoms with Crippen LogP contribution in [0.5, 0.6) is 5.75 Å². The Kier molecular flexibility index (Phi) is 5.63. The molecule has 92 valence electrons. The molecule has 1 unspecified atom stereocenters. The maximum absolute atomic E-state index is 5.62. The van der Waals surface area contributed by atoms with E-state index in [1.165, 1.54) is 11.1 Å². The van der Waals surface area contributed by atoms with Crippen molar-refractivity contribution < 1.29 is 4.74 Å². The maximum Gasteiger partial charge on any atom is 0.119 e. The molecule has 0 aliphatic rings. The highest BCUT2D eigenvalue weighted by atomic mass is 16.5. The van der Waals surface area contributed by atoms with Crippen molar-refractivity contribution in [3.63, 3.8) is 0 Å². The summed E-state index contributed by atoms with van der Waals surface area (Å²) in [5.41, 5.74) is 2.66. The van der Waals surface area contributed by atoms with Crippen molar-refractivity contribution in [2.75, 3.05) is 6.61 Å². The predicted octanol–water partition coefficient (Wildman–Crippen LogP) is 3.99. The average molecular weight is 230 g/mol. The second kappa shape index (κ2) is 7.01. The number of ether oxygens (including phenoxy) is 1. The van der Waals surface area contributed by atoms with Gasteiger partial charge in [-0.25, -0.2) is 0 Å². The van der Waals surface area contributed by atoms with Gasteiger partial charge < -0.3 is 4.74 Å². The van der Waals surface area contributed by atoms with Gasteiger partial charge in [0, 0.05) is 5.92 Å². The van der Waals surface area contributed by atoms with E-state index in [0.717, 1.165) is 25.2 Å². The Bertz CT molecular complexity index is 409. The standard InChI is InChI=1S/C16H22O/c1-5-7-13(3)11-15-8-9-16(12-14(15)4)17-10-6-2/h8-9,12-13H,6,10-11H2,1-4H3. The van der Waals surface area contributed by atoms with Gasteiger partial charge in [0.2, 0.25) is 0 Å². The fourth-order valence-corrected chi connectivity index (χ4v) is 1.83. The highest BCUT2D eigenvalue weighted by molar-refractivity contribution is 5.35. The molecule has 1 atom stereocenters. The third kappa shape index (κ3) is 4.53. The van der Waals surface area contributed by atoms with Crippen molar-refractivity contribution in [3.8, 4) is 17.6 Å². The average Bonchev–Trinajstić information content (AvgIpc) is 2.30. The molecule has 1 aromatic carbocycles. The van der Waals surface area contributed by atoms with E-state index in [1.807, 2.05) is 6.92 Å². The van der Waals surface area contributed by atoms with Crippen LogP contribution in [-0.4, -0.2) is 6.61 Å². The van der Waals surface area contributed by atoms with Crippen molar-refractivity contribution in [1.82, 2.24) is 0 Å². The monoisotopic (exact) mass is 230 g/mol. The van der Waals surface area contributed by atoms with Crippen molar-refractivity contribution in [2.45, 2.75) is 40.5 Å². The van der Waals surface area contributed by atoms with Crippen LogP contribution < -0.4 is 4.74 Å². The van der Waals surface area contributed by atoms with E-state index >= 15 is 0 Å². The summed E-state index contributed by atoms with van der Waals surface area (Å²) in [6.45, 7) is 9.10. The van der Waals surface area contributed by atoms with Crippen molar-refractivity contribution in [3.05, 3.63) is 29.3 Å². The lowest BCUT2D eigenvalue weighted by molar-refractivity contribution is 0.317. The Morgan fingerprint density at radius 1 is 1.35 bits per heavy atom. The summed E-state index contributed by atoms with van der Waals surface area (Å²) in [5, 5.41) is 0. The minimum absolute atomic E-state index is 0.418. The van der Waals surface area contributed by atoms with Crippen LogP contribution in [0.4, 0.5) is 0 Å². The zero-order chi connectivity index (χ0) is 12.7. The molecule has 0 aliphatic carbocycles. The molecule has 0 N–H and O–H groups in total.